The molecule has 14 heavy (non-hydrogen) atoms. The molecule has 4 heteroatoms. The van der Waals surface area contributed by atoms with E-state index in [9.17, 15) is 9.59 Å². The van der Waals surface area contributed by atoms with E-state index in [0.29, 0.717) is 0 Å². The summed E-state index contributed by atoms with van der Waals surface area (Å²) in [5, 5.41) is 0. The van der Waals surface area contributed by atoms with Crippen LogP contribution >= 0.6 is 0 Å². The smallest absolute Gasteiger partial charge is 0.343 e. The van der Waals surface area contributed by atoms with E-state index in [1.807, 2.05) is 0 Å². The van der Waals surface area contributed by atoms with Crippen LogP contribution in [0.2, 0.25) is 0 Å². The van der Waals surface area contributed by atoms with Gasteiger partial charge in [-0.15, -0.1) is 0 Å². The van der Waals surface area contributed by atoms with Crippen molar-refractivity contribution in [2.24, 2.45) is 0 Å². The lowest BCUT2D eigenvalue weighted by Gasteiger charge is -2.11. The second kappa shape index (κ2) is 5.42. The Bertz CT molecular complexity index is 254. The van der Waals surface area contributed by atoms with Crippen molar-refractivity contribution in [3.05, 3.63) is 11.8 Å². The number of esters is 1. The minimum atomic E-state index is -0.568. The van der Waals surface area contributed by atoms with E-state index in [0.717, 1.165) is 0 Å². The summed E-state index contributed by atoms with van der Waals surface area (Å²) < 4.78 is 4.92. The molecule has 4 nitrogen and oxygen atoms in total. The summed E-state index contributed by atoms with van der Waals surface area (Å²) in [7, 11) is 3.48. The zero-order valence-corrected chi connectivity index (χ0v) is 9.33. The monoisotopic (exact) mass is 199 g/mol. The number of rotatable bonds is 4. The Morgan fingerprint density at radius 1 is 1.29 bits per heavy atom. The van der Waals surface area contributed by atoms with Crippen molar-refractivity contribution in [2.75, 3.05) is 14.1 Å². The molecule has 0 rings (SSSR count). The Morgan fingerprint density at radius 2 is 1.79 bits per heavy atom. The molecule has 0 fully saturated rings. The number of carbonyl (C=O) groups is 2. The van der Waals surface area contributed by atoms with Crippen LogP contribution in [0.5, 0.6) is 0 Å². The molecule has 0 radical (unpaired) electrons. The van der Waals surface area contributed by atoms with Crippen molar-refractivity contribution in [3.8, 4) is 0 Å². The minimum Gasteiger partial charge on any atom is -0.459 e. The molecule has 0 saturated heterocycles. The second-order valence-corrected chi connectivity index (χ2v) is 3.52. The quantitative estimate of drug-likeness (QED) is 0.293. The molecule has 0 N–H and O–H groups in total. The summed E-state index contributed by atoms with van der Waals surface area (Å²) in [5.41, 5.74) is 0.0729. The van der Waals surface area contributed by atoms with Crippen LogP contribution in [-0.2, 0) is 14.3 Å². The fraction of sp³-hybridized carbons (Fsp3) is 0.600. The molecule has 0 amide bonds. The van der Waals surface area contributed by atoms with Gasteiger partial charge in [0.15, 0.2) is 5.78 Å². The highest BCUT2D eigenvalue weighted by Gasteiger charge is 2.17. The van der Waals surface area contributed by atoms with E-state index >= 15 is 0 Å². The van der Waals surface area contributed by atoms with Crippen LogP contribution in [0.1, 0.15) is 20.8 Å². The Balaban J connectivity index is 4.68. The first-order valence-electron chi connectivity index (χ1n) is 4.44. The number of ketones is 1. The molecular weight excluding hydrogens is 182 g/mol. The Kier molecular flexibility index (Phi) is 4.91. The van der Waals surface area contributed by atoms with Crippen molar-refractivity contribution >= 4 is 11.8 Å². The molecule has 0 aromatic rings. The predicted molar refractivity (Wildman–Crippen MR) is 53.7 cm³/mol. The van der Waals surface area contributed by atoms with Crippen LogP contribution in [0.25, 0.3) is 0 Å². The number of carbonyl (C=O) groups excluding carboxylic acids is 2. The van der Waals surface area contributed by atoms with Crippen LogP contribution in [0, 0.1) is 0 Å². The van der Waals surface area contributed by atoms with Gasteiger partial charge < -0.3 is 9.64 Å². The topological polar surface area (TPSA) is 46.6 Å². The molecule has 0 aliphatic rings. The third kappa shape index (κ3) is 4.64. The van der Waals surface area contributed by atoms with Crippen LogP contribution in [0.3, 0.4) is 0 Å². The van der Waals surface area contributed by atoms with Gasteiger partial charge >= 0.3 is 5.97 Å². The van der Waals surface area contributed by atoms with Gasteiger partial charge in [-0.25, -0.2) is 4.79 Å². The Morgan fingerprint density at radius 3 is 2.07 bits per heavy atom. The number of hydrogen-bond donors (Lipinski definition) is 0. The van der Waals surface area contributed by atoms with Gasteiger partial charge in [-0.1, -0.05) is 0 Å². The second-order valence-electron chi connectivity index (χ2n) is 3.52. The number of hydrogen-bond acceptors (Lipinski definition) is 4. The average Bonchev–Trinajstić information content (AvgIpc) is 1.97. The van der Waals surface area contributed by atoms with E-state index in [-0.39, 0.29) is 17.5 Å². The molecule has 0 aromatic carbocycles. The maximum atomic E-state index is 11.4. The van der Waals surface area contributed by atoms with Crippen molar-refractivity contribution in [3.63, 3.8) is 0 Å². The predicted octanol–water partition coefficient (Wildman–Crippen LogP) is 0.972. The van der Waals surface area contributed by atoms with Crippen molar-refractivity contribution < 1.29 is 14.3 Å². The van der Waals surface area contributed by atoms with Crippen LogP contribution in [-0.4, -0.2) is 36.9 Å². The molecule has 0 aliphatic carbocycles. The Hall–Kier alpha value is -1.32. The van der Waals surface area contributed by atoms with Gasteiger partial charge in [-0.2, -0.15) is 0 Å². The fourth-order valence-corrected chi connectivity index (χ4v) is 0.823. The van der Waals surface area contributed by atoms with Crippen LogP contribution < -0.4 is 0 Å². The molecule has 0 spiro atoms. The maximum absolute atomic E-state index is 11.4. The van der Waals surface area contributed by atoms with E-state index in [2.05, 4.69) is 0 Å². The molecule has 0 bridgehead atoms. The summed E-state index contributed by atoms with van der Waals surface area (Å²) in [6, 6.07) is 0. The fourth-order valence-electron chi connectivity index (χ4n) is 0.823. The van der Waals surface area contributed by atoms with Crippen molar-refractivity contribution in [2.45, 2.75) is 26.9 Å². The Labute approximate surface area is 84.5 Å². The minimum absolute atomic E-state index is 0.0729. The number of nitrogens with zero attached hydrogens (tertiary/aromatic N) is 1. The molecule has 0 aliphatic heterocycles. The lowest BCUT2D eigenvalue weighted by Crippen LogP contribution is -2.20. The van der Waals surface area contributed by atoms with Crippen molar-refractivity contribution in [1.82, 2.24) is 4.90 Å². The van der Waals surface area contributed by atoms with Crippen LogP contribution in [0.15, 0.2) is 11.8 Å². The van der Waals surface area contributed by atoms with Gasteiger partial charge in [-0.05, 0) is 20.8 Å². The molecule has 0 saturated carbocycles. The molecule has 0 heterocycles. The first-order chi connectivity index (χ1) is 6.34. The lowest BCUT2D eigenvalue weighted by molar-refractivity contribution is -0.143. The molecule has 80 valence electrons. The lowest BCUT2D eigenvalue weighted by atomic mass is 10.2. The standard InChI is InChI=1S/C10H17NO3/c1-7(2)14-10(13)9(8(3)12)6-11(4)5/h6-7H,1-5H3/b9-6+. The van der Waals surface area contributed by atoms with Gasteiger partial charge in [0.2, 0.25) is 0 Å². The zero-order chi connectivity index (χ0) is 11.3. The number of ether oxygens (including phenoxy) is 1. The highest BCUT2D eigenvalue weighted by molar-refractivity contribution is 6.16. The first-order valence-corrected chi connectivity index (χ1v) is 4.44. The van der Waals surface area contributed by atoms with E-state index in [4.69, 9.17) is 4.74 Å². The van der Waals surface area contributed by atoms with Gasteiger partial charge in [0.25, 0.3) is 0 Å². The molecule has 0 aromatic heterocycles. The van der Waals surface area contributed by atoms with E-state index in [1.165, 1.54) is 13.1 Å². The molecular formula is C10H17NO3. The van der Waals surface area contributed by atoms with Gasteiger partial charge in [0.05, 0.1) is 6.10 Å². The van der Waals surface area contributed by atoms with E-state index in [1.54, 1.807) is 32.8 Å². The summed E-state index contributed by atoms with van der Waals surface area (Å²) in [4.78, 5) is 24.1. The normalized spacial score (nSPS) is 11.4. The van der Waals surface area contributed by atoms with Crippen LogP contribution in [0.4, 0.5) is 0 Å². The number of Topliss-reactive ketones (excluding diaryl/α,β-unsaturated/α-hetero) is 1. The summed E-state index contributed by atoms with van der Waals surface area (Å²) in [5.74, 6) is -0.856. The summed E-state index contributed by atoms with van der Waals surface area (Å²) in [6.45, 7) is 4.83. The first kappa shape index (κ1) is 12.7. The molecule has 0 atom stereocenters. The SMILES string of the molecule is CC(=O)/C(=C\N(C)C)C(=O)OC(C)C. The van der Waals surface area contributed by atoms with Crippen molar-refractivity contribution in [1.29, 1.82) is 0 Å². The highest BCUT2D eigenvalue weighted by Crippen LogP contribution is 2.03. The van der Waals surface area contributed by atoms with Gasteiger partial charge in [0.1, 0.15) is 5.57 Å². The summed E-state index contributed by atoms with van der Waals surface area (Å²) in [6.07, 6.45) is 1.25. The maximum Gasteiger partial charge on any atom is 0.343 e. The average molecular weight is 199 g/mol. The highest BCUT2D eigenvalue weighted by atomic mass is 16.5. The zero-order valence-electron chi connectivity index (χ0n) is 9.33. The van der Waals surface area contributed by atoms with Gasteiger partial charge in [0, 0.05) is 20.3 Å². The third-order valence-corrected chi connectivity index (χ3v) is 1.33. The largest absolute Gasteiger partial charge is 0.459 e. The van der Waals surface area contributed by atoms with Gasteiger partial charge in [-0.3, -0.25) is 4.79 Å². The van der Waals surface area contributed by atoms with E-state index < -0.39 is 5.97 Å². The molecule has 0 unspecified atom stereocenters. The third-order valence-electron chi connectivity index (χ3n) is 1.33. The summed E-state index contributed by atoms with van der Waals surface area (Å²) >= 11 is 0.